The summed E-state index contributed by atoms with van der Waals surface area (Å²) in [5.74, 6) is 0. The van der Waals surface area contributed by atoms with Crippen molar-refractivity contribution in [3.05, 3.63) is 59.1 Å². The third kappa shape index (κ3) is 2.31. The lowest BCUT2D eigenvalue weighted by atomic mass is 10.1. The van der Waals surface area contributed by atoms with Crippen molar-refractivity contribution in [2.24, 2.45) is 0 Å². The number of aromatic nitrogens is 2. The molecule has 0 bridgehead atoms. The highest BCUT2D eigenvalue weighted by molar-refractivity contribution is 7.13. The van der Waals surface area contributed by atoms with Crippen LogP contribution in [0.5, 0.6) is 0 Å². The Kier molecular flexibility index (Phi) is 3.28. The van der Waals surface area contributed by atoms with Gasteiger partial charge in [-0.05, 0) is 30.7 Å². The van der Waals surface area contributed by atoms with Gasteiger partial charge in [0.1, 0.15) is 10.7 Å². The molecule has 96 valence electrons. The molecule has 0 fully saturated rings. The second-order valence-corrected chi connectivity index (χ2v) is 5.26. The van der Waals surface area contributed by atoms with E-state index in [0.29, 0.717) is 5.56 Å². The van der Waals surface area contributed by atoms with Gasteiger partial charge in [-0.2, -0.15) is 5.26 Å². The van der Waals surface area contributed by atoms with Crippen molar-refractivity contribution in [2.45, 2.75) is 6.92 Å². The van der Waals surface area contributed by atoms with Crippen LogP contribution in [0.3, 0.4) is 0 Å². The van der Waals surface area contributed by atoms with Crippen LogP contribution >= 0.6 is 11.3 Å². The molecule has 4 heteroatoms. The summed E-state index contributed by atoms with van der Waals surface area (Å²) in [6, 6.07) is 13.6. The third-order valence-corrected chi connectivity index (χ3v) is 3.85. The molecule has 0 radical (unpaired) electrons. The van der Waals surface area contributed by atoms with E-state index in [1.54, 1.807) is 23.6 Å². The van der Waals surface area contributed by atoms with E-state index in [1.807, 2.05) is 42.6 Å². The molecule has 3 nitrogen and oxygen atoms in total. The SMILES string of the molecule is Cc1cccnc1-c1nc(-c2cccc(C#N)c2)cs1. The minimum atomic E-state index is 0.645. The monoisotopic (exact) mass is 277 g/mol. The molecular weight excluding hydrogens is 266 g/mol. The van der Waals surface area contributed by atoms with Gasteiger partial charge in [0, 0.05) is 17.1 Å². The minimum absolute atomic E-state index is 0.645. The van der Waals surface area contributed by atoms with Crippen LogP contribution < -0.4 is 0 Å². The van der Waals surface area contributed by atoms with Gasteiger partial charge in [-0.15, -0.1) is 11.3 Å². The number of hydrogen-bond acceptors (Lipinski definition) is 4. The van der Waals surface area contributed by atoms with Gasteiger partial charge >= 0.3 is 0 Å². The fraction of sp³-hybridized carbons (Fsp3) is 0.0625. The third-order valence-electron chi connectivity index (χ3n) is 3.00. The number of rotatable bonds is 2. The lowest BCUT2D eigenvalue weighted by molar-refractivity contribution is 1.25. The summed E-state index contributed by atoms with van der Waals surface area (Å²) in [6.45, 7) is 2.03. The van der Waals surface area contributed by atoms with Crippen molar-refractivity contribution in [1.82, 2.24) is 9.97 Å². The zero-order valence-corrected chi connectivity index (χ0v) is 11.7. The predicted molar refractivity (Wildman–Crippen MR) is 80.2 cm³/mol. The number of thiazole rings is 1. The zero-order valence-electron chi connectivity index (χ0n) is 10.9. The standard InChI is InChI=1S/C16H11N3S/c1-11-4-3-7-18-15(11)16-19-14(10-20-16)13-6-2-5-12(8-13)9-17/h2-8,10H,1H3. The summed E-state index contributed by atoms with van der Waals surface area (Å²) < 4.78 is 0. The van der Waals surface area contributed by atoms with Gasteiger partial charge in [0.2, 0.25) is 0 Å². The van der Waals surface area contributed by atoms with Crippen LogP contribution in [0.1, 0.15) is 11.1 Å². The Bertz CT molecular complexity index is 799. The quantitative estimate of drug-likeness (QED) is 0.710. The van der Waals surface area contributed by atoms with Crippen molar-refractivity contribution in [3.8, 4) is 28.0 Å². The Hall–Kier alpha value is -2.51. The molecule has 0 N–H and O–H groups in total. The molecule has 0 aliphatic heterocycles. The van der Waals surface area contributed by atoms with Crippen molar-refractivity contribution >= 4 is 11.3 Å². The van der Waals surface area contributed by atoms with E-state index in [2.05, 4.69) is 16.0 Å². The molecule has 0 amide bonds. The van der Waals surface area contributed by atoms with Crippen LogP contribution in [0, 0.1) is 18.3 Å². The number of nitriles is 1. The number of benzene rings is 1. The van der Waals surface area contributed by atoms with E-state index in [0.717, 1.165) is 27.5 Å². The summed E-state index contributed by atoms with van der Waals surface area (Å²) in [6.07, 6.45) is 1.78. The first-order chi connectivity index (χ1) is 9.78. The van der Waals surface area contributed by atoms with Crippen LogP contribution in [-0.2, 0) is 0 Å². The van der Waals surface area contributed by atoms with Crippen LogP contribution in [0.25, 0.3) is 22.0 Å². The summed E-state index contributed by atoms with van der Waals surface area (Å²) in [5, 5.41) is 11.9. The Morgan fingerprint density at radius 2 is 2.10 bits per heavy atom. The molecule has 0 aliphatic carbocycles. The van der Waals surface area contributed by atoms with E-state index >= 15 is 0 Å². The van der Waals surface area contributed by atoms with Gasteiger partial charge in [0.15, 0.2) is 0 Å². The topological polar surface area (TPSA) is 49.6 Å². The average molecular weight is 277 g/mol. The maximum Gasteiger partial charge on any atom is 0.142 e. The highest BCUT2D eigenvalue weighted by Gasteiger charge is 2.09. The second-order valence-electron chi connectivity index (χ2n) is 4.40. The van der Waals surface area contributed by atoms with E-state index < -0.39 is 0 Å². The molecule has 0 saturated carbocycles. The molecule has 2 aromatic heterocycles. The normalized spacial score (nSPS) is 10.2. The van der Waals surface area contributed by atoms with Gasteiger partial charge in [0.05, 0.1) is 17.3 Å². The molecule has 0 atom stereocenters. The lowest BCUT2D eigenvalue weighted by Gasteiger charge is -1.99. The van der Waals surface area contributed by atoms with Crippen LogP contribution in [0.2, 0.25) is 0 Å². The molecule has 0 spiro atoms. The largest absolute Gasteiger partial charge is 0.253 e. The van der Waals surface area contributed by atoms with Crippen LogP contribution in [-0.4, -0.2) is 9.97 Å². The molecule has 0 aliphatic rings. The molecule has 1 aromatic carbocycles. The van der Waals surface area contributed by atoms with Gasteiger partial charge < -0.3 is 0 Å². The molecule has 0 unspecified atom stereocenters. The van der Waals surface area contributed by atoms with Crippen LogP contribution in [0.15, 0.2) is 48.0 Å². The zero-order chi connectivity index (χ0) is 13.9. The smallest absolute Gasteiger partial charge is 0.142 e. The number of hydrogen-bond donors (Lipinski definition) is 0. The highest BCUT2D eigenvalue weighted by atomic mass is 32.1. The molecular formula is C16H11N3S. The summed E-state index contributed by atoms with van der Waals surface area (Å²) >= 11 is 1.57. The molecule has 20 heavy (non-hydrogen) atoms. The maximum atomic E-state index is 8.95. The fourth-order valence-corrected chi connectivity index (χ4v) is 2.86. The molecule has 2 heterocycles. The van der Waals surface area contributed by atoms with Crippen molar-refractivity contribution in [2.75, 3.05) is 0 Å². The van der Waals surface area contributed by atoms with Gasteiger partial charge in [-0.25, -0.2) is 4.98 Å². The first kappa shape index (κ1) is 12.5. The minimum Gasteiger partial charge on any atom is -0.253 e. The van der Waals surface area contributed by atoms with Crippen molar-refractivity contribution in [1.29, 1.82) is 5.26 Å². The van der Waals surface area contributed by atoms with E-state index in [1.165, 1.54) is 0 Å². The molecule has 0 saturated heterocycles. The Morgan fingerprint density at radius 3 is 2.90 bits per heavy atom. The first-order valence-electron chi connectivity index (χ1n) is 6.16. The summed E-state index contributed by atoms with van der Waals surface area (Å²) in [7, 11) is 0. The van der Waals surface area contributed by atoms with Crippen LogP contribution in [0.4, 0.5) is 0 Å². The first-order valence-corrected chi connectivity index (χ1v) is 7.04. The van der Waals surface area contributed by atoms with Crippen molar-refractivity contribution < 1.29 is 0 Å². The highest BCUT2D eigenvalue weighted by Crippen LogP contribution is 2.29. The lowest BCUT2D eigenvalue weighted by Crippen LogP contribution is -1.87. The Labute approximate surface area is 121 Å². The average Bonchev–Trinajstić information content (AvgIpc) is 2.97. The fourth-order valence-electron chi connectivity index (χ4n) is 1.97. The molecule has 3 aromatic rings. The summed E-state index contributed by atoms with van der Waals surface area (Å²) in [4.78, 5) is 9.02. The Balaban J connectivity index is 2.02. The van der Waals surface area contributed by atoms with Gasteiger partial charge in [-0.1, -0.05) is 18.2 Å². The number of aryl methyl sites for hydroxylation is 1. The summed E-state index contributed by atoms with van der Waals surface area (Å²) in [5.41, 5.74) is 4.51. The Morgan fingerprint density at radius 1 is 1.20 bits per heavy atom. The van der Waals surface area contributed by atoms with Crippen molar-refractivity contribution in [3.63, 3.8) is 0 Å². The second kappa shape index (κ2) is 5.24. The predicted octanol–water partition coefficient (Wildman–Crippen LogP) is 4.05. The van der Waals surface area contributed by atoms with Gasteiger partial charge in [-0.3, -0.25) is 4.98 Å². The molecule has 3 rings (SSSR count). The number of nitrogens with zero attached hydrogens (tertiary/aromatic N) is 3. The van der Waals surface area contributed by atoms with E-state index in [4.69, 9.17) is 5.26 Å². The van der Waals surface area contributed by atoms with E-state index in [-0.39, 0.29) is 0 Å². The van der Waals surface area contributed by atoms with E-state index in [9.17, 15) is 0 Å². The maximum absolute atomic E-state index is 8.95. The van der Waals surface area contributed by atoms with Gasteiger partial charge in [0.25, 0.3) is 0 Å². The number of pyridine rings is 1.